The third-order valence-electron chi connectivity index (χ3n) is 5.02. The Hall–Kier alpha value is -2.85. The smallest absolute Gasteiger partial charge is 0.228 e. The van der Waals surface area contributed by atoms with E-state index in [1.807, 2.05) is 17.7 Å². The van der Waals surface area contributed by atoms with E-state index in [4.69, 9.17) is 19.8 Å². The van der Waals surface area contributed by atoms with Gasteiger partial charge in [0.25, 0.3) is 0 Å². The van der Waals surface area contributed by atoms with Gasteiger partial charge < -0.3 is 20.3 Å². The van der Waals surface area contributed by atoms with Crippen molar-refractivity contribution in [2.75, 3.05) is 43.1 Å². The molecular weight excluding hydrogens is 382 g/mol. The molecule has 1 atom stereocenters. The second-order valence-corrected chi connectivity index (χ2v) is 7.51. The normalized spacial score (nSPS) is 16.9. The Labute approximate surface area is 176 Å². The molecule has 3 aromatic heterocycles. The number of fused-ring (bicyclic) bond motifs is 1. The van der Waals surface area contributed by atoms with Crippen molar-refractivity contribution in [2.24, 2.45) is 0 Å². The van der Waals surface area contributed by atoms with Crippen LogP contribution in [0.3, 0.4) is 0 Å². The van der Waals surface area contributed by atoms with Crippen molar-refractivity contribution >= 4 is 28.6 Å². The van der Waals surface area contributed by atoms with Crippen LogP contribution in [0.4, 0.5) is 17.6 Å². The van der Waals surface area contributed by atoms with E-state index in [9.17, 15) is 0 Å². The fourth-order valence-corrected chi connectivity index (χ4v) is 3.61. The van der Waals surface area contributed by atoms with Gasteiger partial charge in [-0.25, -0.2) is 15.0 Å². The van der Waals surface area contributed by atoms with Crippen LogP contribution >= 0.6 is 0 Å². The summed E-state index contributed by atoms with van der Waals surface area (Å²) >= 11 is 0. The highest BCUT2D eigenvalue weighted by molar-refractivity contribution is 5.90. The quantitative estimate of drug-likeness (QED) is 0.538. The van der Waals surface area contributed by atoms with Crippen LogP contribution in [0.15, 0.2) is 18.6 Å². The first kappa shape index (κ1) is 20.4. The molecule has 3 aromatic rings. The summed E-state index contributed by atoms with van der Waals surface area (Å²) in [5, 5.41) is 11.5. The summed E-state index contributed by atoms with van der Waals surface area (Å²) in [6.07, 6.45) is 4.21. The molecule has 0 aliphatic carbocycles. The Morgan fingerprint density at radius 2 is 2.20 bits per heavy atom. The maximum absolute atomic E-state index is 5.68. The lowest BCUT2D eigenvalue weighted by molar-refractivity contribution is 0.125. The highest BCUT2D eigenvalue weighted by Crippen LogP contribution is 2.28. The predicted octanol–water partition coefficient (Wildman–Crippen LogP) is 1.89. The van der Waals surface area contributed by atoms with Gasteiger partial charge in [0, 0.05) is 38.5 Å². The van der Waals surface area contributed by atoms with Crippen molar-refractivity contribution in [3.8, 4) is 0 Å². The van der Waals surface area contributed by atoms with E-state index in [0.717, 1.165) is 49.4 Å². The summed E-state index contributed by atoms with van der Waals surface area (Å²) in [7, 11) is 0. The number of aryl methyl sites for hydroxylation is 1. The molecular formula is C20H29N9O. The van der Waals surface area contributed by atoms with Crippen molar-refractivity contribution in [3.63, 3.8) is 0 Å². The maximum atomic E-state index is 5.68. The number of hydrogen-bond donors (Lipinski definition) is 2. The lowest BCUT2D eigenvalue weighted by atomic mass is 10.2. The fourth-order valence-electron chi connectivity index (χ4n) is 3.61. The lowest BCUT2D eigenvalue weighted by Gasteiger charge is -2.32. The third kappa shape index (κ3) is 4.49. The number of anilines is 3. The molecule has 0 bridgehead atoms. The molecule has 1 aliphatic heterocycles. The fraction of sp³-hybridized carbons (Fsp3) is 0.550. The predicted molar refractivity (Wildman–Crippen MR) is 116 cm³/mol. The molecule has 10 heteroatoms. The molecule has 1 aliphatic rings. The molecule has 160 valence electrons. The Morgan fingerprint density at radius 3 is 2.97 bits per heavy atom. The van der Waals surface area contributed by atoms with Gasteiger partial charge in [-0.05, 0) is 26.3 Å². The topological polar surface area (TPSA) is 106 Å². The largest absolute Gasteiger partial charge is 0.380 e. The van der Waals surface area contributed by atoms with Gasteiger partial charge in [0.15, 0.2) is 5.82 Å². The monoisotopic (exact) mass is 411 g/mol. The number of piperazine rings is 1. The molecule has 0 saturated carbocycles. The molecule has 0 aromatic carbocycles. The van der Waals surface area contributed by atoms with Gasteiger partial charge in [0.05, 0.1) is 18.8 Å². The van der Waals surface area contributed by atoms with Gasteiger partial charge in [0.2, 0.25) is 5.95 Å². The van der Waals surface area contributed by atoms with Crippen LogP contribution < -0.4 is 15.5 Å². The molecule has 1 saturated heterocycles. The molecule has 0 unspecified atom stereocenters. The number of aromatic nitrogens is 6. The van der Waals surface area contributed by atoms with Gasteiger partial charge >= 0.3 is 0 Å². The average molecular weight is 412 g/mol. The molecule has 0 amide bonds. The summed E-state index contributed by atoms with van der Waals surface area (Å²) < 4.78 is 7.60. The summed E-state index contributed by atoms with van der Waals surface area (Å²) in [5.41, 5.74) is 2.58. The van der Waals surface area contributed by atoms with E-state index in [0.29, 0.717) is 36.8 Å². The van der Waals surface area contributed by atoms with Crippen LogP contribution in [0.5, 0.6) is 0 Å². The van der Waals surface area contributed by atoms with E-state index in [-0.39, 0.29) is 0 Å². The van der Waals surface area contributed by atoms with E-state index < -0.39 is 0 Å². The number of ether oxygens (including phenoxy) is 1. The van der Waals surface area contributed by atoms with Crippen LogP contribution in [0.25, 0.3) is 11.0 Å². The Bertz CT molecular complexity index is 975. The zero-order valence-electron chi connectivity index (χ0n) is 17.8. The van der Waals surface area contributed by atoms with Gasteiger partial charge in [0.1, 0.15) is 23.2 Å². The number of rotatable bonds is 8. The van der Waals surface area contributed by atoms with Gasteiger partial charge in [-0.3, -0.25) is 4.68 Å². The molecule has 4 heterocycles. The van der Waals surface area contributed by atoms with E-state index in [2.05, 4.69) is 39.3 Å². The zero-order chi connectivity index (χ0) is 20.9. The van der Waals surface area contributed by atoms with Crippen molar-refractivity contribution in [1.82, 2.24) is 35.0 Å². The number of nitrogens with zero attached hydrogens (tertiary/aromatic N) is 7. The summed E-state index contributed by atoms with van der Waals surface area (Å²) in [6.45, 7) is 10.9. The molecule has 0 spiro atoms. The molecule has 10 nitrogen and oxygen atoms in total. The number of hydrogen-bond acceptors (Lipinski definition) is 9. The van der Waals surface area contributed by atoms with Crippen LogP contribution in [0.1, 0.15) is 26.0 Å². The number of nitrogens with one attached hydrogen (secondary N) is 2. The second kappa shape index (κ2) is 9.31. The van der Waals surface area contributed by atoms with Gasteiger partial charge in [-0.1, -0.05) is 6.92 Å². The minimum Gasteiger partial charge on any atom is -0.380 e. The third-order valence-corrected chi connectivity index (χ3v) is 5.02. The highest BCUT2D eigenvalue weighted by atomic mass is 16.5. The molecule has 0 radical (unpaired) electrons. The van der Waals surface area contributed by atoms with E-state index in [1.54, 1.807) is 6.20 Å². The average Bonchev–Trinajstić information content (AvgIpc) is 3.08. The van der Waals surface area contributed by atoms with Crippen molar-refractivity contribution in [1.29, 1.82) is 0 Å². The van der Waals surface area contributed by atoms with Crippen LogP contribution in [-0.4, -0.2) is 68.6 Å². The van der Waals surface area contributed by atoms with Crippen molar-refractivity contribution in [2.45, 2.75) is 39.8 Å². The van der Waals surface area contributed by atoms with E-state index in [1.165, 1.54) is 6.33 Å². The maximum Gasteiger partial charge on any atom is 0.228 e. The molecule has 2 N–H and O–H groups in total. The first-order chi connectivity index (χ1) is 14.7. The SMILES string of the molecule is CCCOCCn1nc(C)c2nc(N3CCN[C@H](C)C3)nc(Nc3ccncn3)c21. The molecule has 30 heavy (non-hydrogen) atoms. The molecule has 4 rings (SSSR count). The van der Waals surface area contributed by atoms with Crippen molar-refractivity contribution < 1.29 is 4.74 Å². The second-order valence-electron chi connectivity index (χ2n) is 7.51. The summed E-state index contributed by atoms with van der Waals surface area (Å²) in [5.74, 6) is 2.07. The van der Waals surface area contributed by atoms with Gasteiger partial charge in [-0.2, -0.15) is 10.1 Å². The van der Waals surface area contributed by atoms with Crippen molar-refractivity contribution in [3.05, 3.63) is 24.3 Å². The van der Waals surface area contributed by atoms with E-state index >= 15 is 0 Å². The highest BCUT2D eigenvalue weighted by Gasteiger charge is 2.23. The standard InChI is InChI=1S/C20H29N9O/c1-4-10-30-11-9-29-18-17(15(3)27-29)25-20(28-8-7-22-14(2)12-28)26-19(18)24-16-5-6-21-13-23-16/h5-6,13-14,22H,4,7-12H2,1-3H3,(H,21,23,24,25,26)/t14-/m1/s1. The minimum atomic E-state index is 0.385. The van der Waals surface area contributed by atoms with Gasteiger partial charge in [-0.15, -0.1) is 0 Å². The Kier molecular flexibility index (Phi) is 6.34. The first-order valence-electron chi connectivity index (χ1n) is 10.5. The minimum absolute atomic E-state index is 0.385. The first-order valence-corrected chi connectivity index (χ1v) is 10.5. The summed E-state index contributed by atoms with van der Waals surface area (Å²) in [6, 6.07) is 2.20. The van der Waals surface area contributed by atoms with Crippen LogP contribution in [-0.2, 0) is 11.3 Å². The lowest BCUT2D eigenvalue weighted by Crippen LogP contribution is -2.49. The van der Waals surface area contributed by atoms with Crippen LogP contribution in [0, 0.1) is 6.92 Å². The molecule has 1 fully saturated rings. The Morgan fingerprint density at radius 1 is 1.30 bits per heavy atom. The van der Waals surface area contributed by atoms with Crippen LogP contribution in [0.2, 0.25) is 0 Å². The Balaban J connectivity index is 1.73. The zero-order valence-corrected chi connectivity index (χ0v) is 17.8. The summed E-state index contributed by atoms with van der Waals surface area (Å²) in [4.78, 5) is 20.3.